The molecule has 0 saturated carbocycles. The van der Waals surface area contributed by atoms with E-state index in [-0.39, 0.29) is 6.17 Å². The fourth-order valence-electron chi connectivity index (χ4n) is 1.48. The third kappa shape index (κ3) is 1.44. The van der Waals surface area contributed by atoms with Crippen LogP contribution >= 0.6 is 0 Å². The van der Waals surface area contributed by atoms with Gasteiger partial charge in [0.2, 0.25) is 0 Å². The van der Waals surface area contributed by atoms with Gasteiger partial charge in [-0.05, 0) is 19.4 Å². The van der Waals surface area contributed by atoms with E-state index in [2.05, 4.69) is 15.8 Å². The summed E-state index contributed by atoms with van der Waals surface area (Å²) in [6.07, 6.45) is -0.185. The molecule has 4 nitrogen and oxygen atoms in total. The maximum Gasteiger partial charge on any atom is 0.147 e. The average molecular weight is 191 g/mol. The van der Waals surface area contributed by atoms with Crippen molar-refractivity contribution >= 4 is 5.84 Å². The second-order valence-electron chi connectivity index (χ2n) is 3.40. The van der Waals surface area contributed by atoms with Gasteiger partial charge in [0.15, 0.2) is 0 Å². The number of aliphatic imine (C=N–C) groups is 1. The summed E-state index contributed by atoms with van der Waals surface area (Å²) in [5.41, 5.74) is 7.55. The summed E-state index contributed by atoms with van der Waals surface area (Å²) in [6, 6.07) is 5.65. The number of hydrogen-bond acceptors (Lipinski definition) is 4. The second-order valence-corrected chi connectivity index (χ2v) is 3.40. The summed E-state index contributed by atoms with van der Waals surface area (Å²) in [6.45, 7) is 3.75. The van der Waals surface area contributed by atoms with Crippen molar-refractivity contribution in [3.8, 4) is 5.75 Å². The molecule has 0 saturated heterocycles. The Morgan fingerprint density at radius 1 is 1.36 bits per heavy atom. The van der Waals surface area contributed by atoms with Crippen LogP contribution in [-0.2, 0) is 0 Å². The molecule has 0 aromatic heterocycles. The molecular formula is C10H13N3O. The van der Waals surface area contributed by atoms with Crippen LogP contribution in [0.5, 0.6) is 5.75 Å². The van der Waals surface area contributed by atoms with E-state index >= 15 is 0 Å². The van der Waals surface area contributed by atoms with E-state index in [4.69, 9.17) is 0 Å². The maximum atomic E-state index is 9.81. The van der Waals surface area contributed by atoms with Crippen LogP contribution in [0.1, 0.15) is 24.2 Å². The number of amidine groups is 1. The zero-order valence-electron chi connectivity index (χ0n) is 8.20. The van der Waals surface area contributed by atoms with Crippen LogP contribution in [0.4, 0.5) is 0 Å². The number of para-hydroxylation sites is 1. The lowest BCUT2D eigenvalue weighted by Crippen LogP contribution is -2.29. The number of hydrogen-bond donors (Lipinski definition) is 3. The number of aryl methyl sites for hydroxylation is 1. The molecule has 14 heavy (non-hydrogen) atoms. The fraction of sp³-hybridized carbons (Fsp3) is 0.300. The minimum Gasteiger partial charge on any atom is -0.507 e. The van der Waals surface area contributed by atoms with Gasteiger partial charge in [-0.2, -0.15) is 0 Å². The highest BCUT2D eigenvalue weighted by Crippen LogP contribution is 2.28. The molecule has 0 spiro atoms. The first-order valence-corrected chi connectivity index (χ1v) is 4.53. The number of benzene rings is 1. The van der Waals surface area contributed by atoms with Gasteiger partial charge in [-0.15, -0.1) is 0 Å². The average Bonchev–Trinajstić information content (AvgIpc) is 2.57. The number of hydrazine groups is 1. The van der Waals surface area contributed by atoms with Gasteiger partial charge >= 0.3 is 0 Å². The Bertz CT molecular complexity index is 387. The normalized spacial score (nSPS) is 20.4. The van der Waals surface area contributed by atoms with Crippen molar-refractivity contribution in [2.45, 2.75) is 20.0 Å². The summed E-state index contributed by atoms with van der Waals surface area (Å²) < 4.78 is 0. The number of nitrogens with zero attached hydrogens (tertiary/aromatic N) is 1. The van der Waals surface area contributed by atoms with E-state index in [0.717, 1.165) is 17.0 Å². The van der Waals surface area contributed by atoms with Gasteiger partial charge in [0.1, 0.15) is 17.8 Å². The van der Waals surface area contributed by atoms with Crippen LogP contribution in [0.3, 0.4) is 0 Å². The standard InChI is InChI=1S/C10H13N3O/c1-6-4-3-5-8(9(6)14)10-11-7(2)12-13-10/h3-5,10,13-14H,1-2H3,(H,11,12). The third-order valence-electron chi connectivity index (χ3n) is 2.28. The quantitative estimate of drug-likeness (QED) is 0.625. The van der Waals surface area contributed by atoms with Crippen LogP contribution in [0, 0.1) is 6.92 Å². The van der Waals surface area contributed by atoms with Crippen molar-refractivity contribution in [1.82, 2.24) is 10.9 Å². The molecule has 1 unspecified atom stereocenters. The lowest BCUT2D eigenvalue weighted by atomic mass is 10.1. The molecule has 3 N–H and O–H groups in total. The molecule has 1 aliphatic rings. The zero-order chi connectivity index (χ0) is 10.1. The smallest absolute Gasteiger partial charge is 0.147 e. The third-order valence-corrected chi connectivity index (χ3v) is 2.28. The first kappa shape index (κ1) is 9.02. The topological polar surface area (TPSA) is 56.7 Å². The molecule has 2 rings (SSSR count). The van der Waals surface area contributed by atoms with Crippen LogP contribution in [0.2, 0.25) is 0 Å². The van der Waals surface area contributed by atoms with Crippen molar-refractivity contribution in [3.05, 3.63) is 29.3 Å². The zero-order valence-corrected chi connectivity index (χ0v) is 8.20. The van der Waals surface area contributed by atoms with Crippen LogP contribution in [0.15, 0.2) is 23.2 Å². The fourth-order valence-corrected chi connectivity index (χ4v) is 1.48. The molecule has 1 aromatic carbocycles. The molecule has 1 atom stereocenters. The van der Waals surface area contributed by atoms with E-state index in [1.54, 1.807) is 0 Å². The Morgan fingerprint density at radius 2 is 2.14 bits per heavy atom. The number of phenols is 1. The van der Waals surface area contributed by atoms with Gasteiger partial charge in [0, 0.05) is 5.56 Å². The Hall–Kier alpha value is -1.55. The summed E-state index contributed by atoms with van der Waals surface area (Å²) in [5.74, 6) is 1.14. The Kier molecular flexibility index (Phi) is 2.13. The summed E-state index contributed by atoms with van der Waals surface area (Å²) in [5, 5.41) is 9.81. The molecule has 4 heteroatoms. The molecule has 0 fully saturated rings. The Labute approximate surface area is 82.6 Å². The lowest BCUT2D eigenvalue weighted by Gasteiger charge is -2.11. The van der Waals surface area contributed by atoms with Crippen molar-refractivity contribution in [2.24, 2.45) is 4.99 Å². The first-order chi connectivity index (χ1) is 6.68. The SMILES string of the molecule is CC1=NC(c2cccc(C)c2O)NN1. The van der Waals surface area contributed by atoms with Crippen LogP contribution in [-0.4, -0.2) is 10.9 Å². The molecule has 0 amide bonds. The van der Waals surface area contributed by atoms with Gasteiger partial charge in [-0.3, -0.25) is 0 Å². The minimum absolute atomic E-state index is 0.185. The number of aromatic hydroxyl groups is 1. The predicted molar refractivity (Wildman–Crippen MR) is 55.0 cm³/mol. The molecule has 1 aromatic rings. The molecule has 0 radical (unpaired) electrons. The van der Waals surface area contributed by atoms with E-state index in [0.29, 0.717) is 5.75 Å². The molecule has 1 aliphatic heterocycles. The van der Waals surface area contributed by atoms with Crippen LogP contribution in [0.25, 0.3) is 0 Å². The van der Waals surface area contributed by atoms with Gasteiger partial charge in [0.25, 0.3) is 0 Å². The van der Waals surface area contributed by atoms with Crippen molar-refractivity contribution in [3.63, 3.8) is 0 Å². The van der Waals surface area contributed by atoms with Crippen molar-refractivity contribution < 1.29 is 5.11 Å². The van der Waals surface area contributed by atoms with Crippen molar-refractivity contribution in [2.75, 3.05) is 0 Å². The number of phenolic OH excluding ortho intramolecular Hbond substituents is 1. The summed E-state index contributed by atoms with van der Waals surface area (Å²) in [4.78, 5) is 4.30. The minimum atomic E-state index is -0.185. The van der Waals surface area contributed by atoms with Gasteiger partial charge < -0.3 is 10.5 Å². The van der Waals surface area contributed by atoms with E-state index in [1.165, 1.54) is 0 Å². The Balaban J connectivity index is 2.37. The van der Waals surface area contributed by atoms with Gasteiger partial charge in [-0.1, -0.05) is 18.2 Å². The molecule has 0 bridgehead atoms. The monoisotopic (exact) mass is 191 g/mol. The van der Waals surface area contributed by atoms with E-state index in [1.807, 2.05) is 32.0 Å². The highest BCUT2D eigenvalue weighted by Gasteiger charge is 2.18. The predicted octanol–water partition coefficient (Wildman–Crippen LogP) is 1.23. The molecule has 0 aliphatic carbocycles. The van der Waals surface area contributed by atoms with Gasteiger partial charge in [0.05, 0.1) is 0 Å². The first-order valence-electron chi connectivity index (χ1n) is 4.53. The largest absolute Gasteiger partial charge is 0.507 e. The highest BCUT2D eigenvalue weighted by atomic mass is 16.3. The highest BCUT2D eigenvalue weighted by molar-refractivity contribution is 5.80. The van der Waals surface area contributed by atoms with Crippen molar-refractivity contribution in [1.29, 1.82) is 0 Å². The Morgan fingerprint density at radius 3 is 2.79 bits per heavy atom. The summed E-state index contributed by atoms with van der Waals surface area (Å²) >= 11 is 0. The number of rotatable bonds is 1. The second kappa shape index (κ2) is 3.31. The van der Waals surface area contributed by atoms with Crippen LogP contribution < -0.4 is 10.9 Å². The molecule has 74 valence electrons. The number of nitrogens with one attached hydrogen (secondary N) is 2. The maximum absolute atomic E-state index is 9.81. The lowest BCUT2D eigenvalue weighted by molar-refractivity contribution is 0.448. The molecule has 1 heterocycles. The molecular weight excluding hydrogens is 178 g/mol. The summed E-state index contributed by atoms with van der Waals surface area (Å²) in [7, 11) is 0. The van der Waals surface area contributed by atoms with E-state index < -0.39 is 0 Å². The van der Waals surface area contributed by atoms with Gasteiger partial charge in [-0.25, -0.2) is 10.4 Å². The van der Waals surface area contributed by atoms with E-state index in [9.17, 15) is 5.11 Å².